The Hall–Kier alpha value is -3.42. The maximum absolute atomic E-state index is 12.4. The number of carboxylic acid groups (broad SMARTS) is 1. The molecule has 0 spiro atoms. The second-order valence-electron chi connectivity index (χ2n) is 6.25. The van der Waals surface area contributed by atoms with Gasteiger partial charge >= 0.3 is 11.8 Å². The number of hydrogen-bond acceptors (Lipinski definition) is 7. The largest absolute Gasteiger partial charge is 0.545 e. The van der Waals surface area contributed by atoms with Crippen molar-refractivity contribution in [1.82, 2.24) is 0 Å². The van der Waals surface area contributed by atoms with Gasteiger partial charge in [0.2, 0.25) is 5.75 Å². The molecule has 0 aliphatic heterocycles. The zero-order chi connectivity index (χ0) is 19.4. The van der Waals surface area contributed by atoms with E-state index in [1.807, 2.05) is 30.3 Å². The number of nitro groups is 1. The fourth-order valence-corrected chi connectivity index (χ4v) is 3.28. The molecule has 0 bridgehead atoms. The summed E-state index contributed by atoms with van der Waals surface area (Å²) in [6.45, 7) is 0. The molecule has 0 amide bonds. The summed E-state index contributed by atoms with van der Waals surface area (Å²) >= 11 is 0. The number of aromatic carboxylic acids is 1. The van der Waals surface area contributed by atoms with Crippen molar-refractivity contribution in [1.29, 1.82) is 0 Å². The molecule has 0 atom stereocenters. The zero-order valence-corrected chi connectivity index (χ0v) is 14.3. The lowest BCUT2D eigenvalue weighted by Gasteiger charge is -2.28. The molecule has 1 aliphatic carbocycles. The molecule has 27 heavy (non-hydrogen) atoms. The number of nitrogens with zero attached hydrogens (tertiary/aromatic N) is 1. The molecule has 3 rings (SSSR count). The Balaban J connectivity index is 1.86. The Labute approximate surface area is 154 Å². The fraction of sp³-hybridized carbons (Fsp3) is 0.263. The van der Waals surface area contributed by atoms with Gasteiger partial charge in [-0.05, 0) is 43.4 Å². The monoisotopic (exact) mass is 370 g/mol. The molecule has 0 saturated heterocycles. The minimum atomic E-state index is -1.54. The van der Waals surface area contributed by atoms with E-state index < -0.39 is 34.1 Å². The highest BCUT2D eigenvalue weighted by molar-refractivity contribution is 5.87. The van der Waals surface area contributed by atoms with Crippen molar-refractivity contribution in [3.63, 3.8) is 0 Å². The SMILES string of the molecule is O=C(Oc1cc(C(=O)[O-])ccc1[N+](=O)[O-])OC1(c2ccccc2)CCCC1. The van der Waals surface area contributed by atoms with Gasteiger partial charge in [-0.1, -0.05) is 30.3 Å². The molecule has 0 unspecified atom stereocenters. The molecule has 140 valence electrons. The van der Waals surface area contributed by atoms with Crippen molar-refractivity contribution in [3.05, 3.63) is 69.8 Å². The first-order valence-electron chi connectivity index (χ1n) is 8.37. The van der Waals surface area contributed by atoms with Crippen LogP contribution in [0.4, 0.5) is 10.5 Å². The van der Waals surface area contributed by atoms with Crippen LogP contribution < -0.4 is 9.84 Å². The molecule has 1 saturated carbocycles. The second-order valence-corrected chi connectivity index (χ2v) is 6.25. The molecular weight excluding hydrogens is 354 g/mol. The number of carbonyl (C=O) groups excluding carboxylic acids is 2. The van der Waals surface area contributed by atoms with Gasteiger partial charge in [0.05, 0.1) is 10.9 Å². The van der Waals surface area contributed by atoms with Gasteiger partial charge in [0, 0.05) is 11.6 Å². The standard InChI is InChI=1S/C19H17NO7/c21-17(22)13-8-9-15(20(24)25)16(12-13)26-18(23)27-19(10-4-5-11-19)14-6-2-1-3-7-14/h1-3,6-9,12H,4-5,10-11H2,(H,21,22)/p-1. The Morgan fingerprint density at radius 3 is 2.30 bits per heavy atom. The highest BCUT2D eigenvalue weighted by Gasteiger charge is 2.40. The minimum Gasteiger partial charge on any atom is -0.545 e. The Morgan fingerprint density at radius 1 is 1.04 bits per heavy atom. The molecule has 0 heterocycles. The number of rotatable bonds is 5. The third-order valence-electron chi connectivity index (χ3n) is 4.58. The quantitative estimate of drug-likeness (QED) is 0.343. The number of benzene rings is 2. The predicted octanol–water partition coefficient (Wildman–Crippen LogP) is 2.94. The minimum absolute atomic E-state index is 0.345. The van der Waals surface area contributed by atoms with Crippen molar-refractivity contribution in [2.24, 2.45) is 0 Å². The Bertz CT molecular complexity index is 873. The molecule has 0 aromatic heterocycles. The second kappa shape index (κ2) is 7.45. The van der Waals surface area contributed by atoms with Gasteiger partial charge in [-0.3, -0.25) is 10.1 Å². The van der Waals surface area contributed by atoms with Crippen LogP contribution in [0.5, 0.6) is 5.75 Å². The predicted molar refractivity (Wildman–Crippen MR) is 91.1 cm³/mol. The maximum atomic E-state index is 12.4. The number of ether oxygens (including phenoxy) is 2. The third kappa shape index (κ3) is 3.89. The maximum Gasteiger partial charge on any atom is 0.514 e. The number of hydrogen-bond donors (Lipinski definition) is 0. The third-order valence-corrected chi connectivity index (χ3v) is 4.58. The summed E-state index contributed by atoms with van der Waals surface area (Å²) in [5.74, 6) is -2.05. The highest BCUT2D eigenvalue weighted by Crippen LogP contribution is 2.42. The summed E-state index contributed by atoms with van der Waals surface area (Å²) in [5, 5.41) is 22.1. The molecular formula is C19H16NO7-. The first-order chi connectivity index (χ1) is 12.9. The van der Waals surface area contributed by atoms with Gasteiger partial charge in [0.1, 0.15) is 5.60 Å². The summed E-state index contributed by atoms with van der Waals surface area (Å²) in [4.78, 5) is 33.7. The van der Waals surface area contributed by atoms with Crippen LogP contribution in [0.25, 0.3) is 0 Å². The summed E-state index contributed by atoms with van der Waals surface area (Å²) in [6, 6.07) is 12.0. The van der Waals surface area contributed by atoms with Crippen molar-refractivity contribution in [3.8, 4) is 5.75 Å². The van der Waals surface area contributed by atoms with E-state index in [-0.39, 0.29) is 5.56 Å². The van der Waals surface area contributed by atoms with Crippen LogP contribution in [0.3, 0.4) is 0 Å². The van der Waals surface area contributed by atoms with Crippen LogP contribution in [0.15, 0.2) is 48.5 Å². The Morgan fingerprint density at radius 2 is 1.70 bits per heavy atom. The average Bonchev–Trinajstić information content (AvgIpc) is 3.11. The van der Waals surface area contributed by atoms with Crippen LogP contribution in [-0.4, -0.2) is 17.0 Å². The summed E-state index contributed by atoms with van der Waals surface area (Å²) in [5.41, 5.74) is -0.935. The van der Waals surface area contributed by atoms with E-state index in [1.54, 1.807) is 0 Å². The molecule has 2 aromatic rings. The van der Waals surface area contributed by atoms with Crippen molar-refractivity contribution < 1.29 is 29.1 Å². The lowest BCUT2D eigenvalue weighted by molar-refractivity contribution is -0.385. The van der Waals surface area contributed by atoms with Crippen LogP contribution >= 0.6 is 0 Å². The smallest absolute Gasteiger partial charge is 0.514 e. The first-order valence-corrected chi connectivity index (χ1v) is 8.37. The molecule has 8 nitrogen and oxygen atoms in total. The van der Waals surface area contributed by atoms with Gasteiger partial charge in [-0.15, -0.1) is 0 Å². The average molecular weight is 370 g/mol. The van der Waals surface area contributed by atoms with Crippen LogP contribution in [-0.2, 0) is 10.3 Å². The molecule has 1 fully saturated rings. The molecule has 0 radical (unpaired) electrons. The van der Waals surface area contributed by atoms with E-state index in [2.05, 4.69) is 0 Å². The topological polar surface area (TPSA) is 119 Å². The number of carbonyl (C=O) groups is 2. The van der Waals surface area contributed by atoms with E-state index in [0.29, 0.717) is 12.8 Å². The van der Waals surface area contributed by atoms with E-state index in [4.69, 9.17) is 9.47 Å². The molecule has 8 heteroatoms. The van der Waals surface area contributed by atoms with Gasteiger partial charge < -0.3 is 19.4 Å². The summed E-state index contributed by atoms with van der Waals surface area (Å²) < 4.78 is 10.6. The lowest BCUT2D eigenvalue weighted by atomic mass is 9.92. The van der Waals surface area contributed by atoms with Crippen molar-refractivity contribution in [2.45, 2.75) is 31.3 Å². The van der Waals surface area contributed by atoms with Crippen molar-refractivity contribution >= 4 is 17.8 Å². The van der Waals surface area contributed by atoms with E-state index in [0.717, 1.165) is 36.6 Å². The molecule has 2 aromatic carbocycles. The summed E-state index contributed by atoms with van der Waals surface area (Å²) in [6.07, 6.45) is 1.81. The normalized spacial score (nSPS) is 15.1. The number of nitro benzene ring substituents is 1. The van der Waals surface area contributed by atoms with Crippen LogP contribution in [0.1, 0.15) is 41.6 Å². The van der Waals surface area contributed by atoms with Gasteiger partial charge in [0.15, 0.2) is 0 Å². The van der Waals surface area contributed by atoms with Gasteiger partial charge in [-0.2, -0.15) is 0 Å². The molecule has 1 aliphatic rings. The van der Waals surface area contributed by atoms with Crippen LogP contribution in [0, 0.1) is 10.1 Å². The van der Waals surface area contributed by atoms with E-state index in [9.17, 15) is 24.8 Å². The number of carboxylic acids is 1. The Kier molecular flexibility index (Phi) is 5.07. The van der Waals surface area contributed by atoms with Gasteiger partial charge in [0.25, 0.3) is 0 Å². The molecule has 0 N–H and O–H groups in total. The lowest BCUT2D eigenvalue weighted by Crippen LogP contribution is -2.31. The first kappa shape index (κ1) is 18.4. The highest BCUT2D eigenvalue weighted by atomic mass is 16.7. The van der Waals surface area contributed by atoms with E-state index >= 15 is 0 Å². The van der Waals surface area contributed by atoms with Crippen molar-refractivity contribution in [2.75, 3.05) is 0 Å². The van der Waals surface area contributed by atoms with Crippen LogP contribution in [0.2, 0.25) is 0 Å². The fourth-order valence-electron chi connectivity index (χ4n) is 3.28. The summed E-state index contributed by atoms with van der Waals surface area (Å²) in [7, 11) is 0. The van der Waals surface area contributed by atoms with E-state index in [1.165, 1.54) is 0 Å². The van der Waals surface area contributed by atoms with Gasteiger partial charge in [-0.25, -0.2) is 4.79 Å². The zero-order valence-electron chi connectivity index (χ0n) is 14.3.